The lowest BCUT2D eigenvalue weighted by atomic mass is 10.1. The molecule has 19 heavy (non-hydrogen) atoms. The summed E-state index contributed by atoms with van der Waals surface area (Å²) >= 11 is 3.38. The first-order chi connectivity index (χ1) is 8.99. The molecule has 0 heterocycles. The van der Waals surface area contributed by atoms with Crippen LogP contribution >= 0.6 is 15.9 Å². The van der Waals surface area contributed by atoms with Gasteiger partial charge in [-0.15, -0.1) is 0 Å². The first-order valence-corrected chi connectivity index (χ1v) is 6.43. The summed E-state index contributed by atoms with van der Waals surface area (Å²) < 4.78 is 0.721. The molecule has 0 saturated heterocycles. The van der Waals surface area contributed by atoms with Crippen LogP contribution in [0.2, 0.25) is 0 Å². The van der Waals surface area contributed by atoms with Crippen molar-refractivity contribution >= 4 is 39.0 Å². The minimum atomic E-state index is -1.04. The second kappa shape index (κ2) is 5.32. The van der Waals surface area contributed by atoms with Crippen LogP contribution in [0, 0.1) is 6.92 Å². The zero-order chi connectivity index (χ0) is 14.0. The minimum Gasteiger partial charge on any atom is -0.478 e. The molecule has 0 bridgehead atoms. The number of rotatable bonds is 3. The number of aromatic carboxylic acids is 1. The Morgan fingerprint density at radius 3 is 2.58 bits per heavy atom. The number of carboxylic acids is 1. The highest BCUT2D eigenvalue weighted by Gasteiger charge is 2.12. The van der Waals surface area contributed by atoms with Crippen LogP contribution in [-0.4, -0.2) is 11.1 Å². The topological polar surface area (TPSA) is 75.3 Å². The van der Waals surface area contributed by atoms with Gasteiger partial charge in [0.2, 0.25) is 0 Å². The van der Waals surface area contributed by atoms with Crippen molar-refractivity contribution in [1.82, 2.24) is 0 Å². The van der Waals surface area contributed by atoms with Gasteiger partial charge in [-0.2, -0.15) is 0 Å². The fourth-order valence-electron chi connectivity index (χ4n) is 1.73. The van der Waals surface area contributed by atoms with Crippen LogP contribution < -0.4 is 11.1 Å². The third kappa shape index (κ3) is 2.88. The van der Waals surface area contributed by atoms with Crippen molar-refractivity contribution in [2.75, 3.05) is 11.1 Å². The molecule has 0 amide bonds. The van der Waals surface area contributed by atoms with Gasteiger partial charge >= 0.3 is 5.97 Å². The Balaban J connectivity index is 2.43. The van der Waals surface area contributed by atoms with Gasteiger partial charge in [0.05, 0.1) is 11.3 Å². The van der Waals surface area contributed by atoms with Gasteiger partial charge in [-0.1, -0.05) is 18.2 Å². The number of halogens is 1. The quantitative estimate of drug-likeness (QED) is 0.752. The van der Waals surface area contributed by atoms with E-state index in [1.165, 1.54) is 6.07 Å². The number of para-hydroxylation sites is 1. The van der Waals surface area contributed by atoms with Gasteiger partial charge in [0.25, 0.3) is 0 Å². The average molecular weight is 321 g/mol. The van der Waals surface area contributed by atoms with Crippen LogP contribution in [-0.2, 0) is 0 Å². The third-order valence-corrected chi connectivity index (χ3v) is 3.44. The van der Waals surface area contributed by atoms with E-state index in [1.54, 1.807) is 6.07 Å². The smallest absolute Gasteiger partial charge is 0.337 e. The van der Waals surface area contributed by atoms with Crippen molar-refractivity contribution in [2.24, 2.45) is 0 Å². The van der Waals surface area contributed by atoms with Crippen LogP contribution in [0.15, 0.2) is 40.9 Å². The Bertz CT molecular complexity index is 641. The molecule has 2 rings (SSSR count). The number of carbonyl (C=O) groups is 1. The van der Waals surface area contributed by atoms with E-state index in [9.17, 15) is 4.79 Å². The average Bonchev–Trinajstić information content (AvgIpc) is 2.34. The summed E-state index contributed by atoms with van der Waals surface area (Å²) in [6.07, 6.45) is 0. The molecule has 0 fully saturated rings. The van der Waals surface area contributed by atoms with Crippen molar-refractivity contribution < 1.29 is 9.90 Å². The summed E-state index contributed by atoms with van der Waals surface area (Å²) in [5.41, 5.74) is 8.65. The van der Waals surface area contributed by atoms with Crippen LogP contribution in [0.3, 0.4) is 0 Å². The van der Waals surface area contributed by atoms with Crippen molar-refractivity contribution in [3.05, 3.63) is 52.0 Å². The predicted octanol–water partition coefficient (Wildman–Crippen LogP) is 3.78. The summed E-state index contributed by atoms with van der Waals surface area (Å²) in [4.78, 5) is 11.1. The maximum Gasteiger partial charge on any atom is 0.337 e. The largest absolute Gasteiger partial charge is 0.478 e. The second-order valence-electron chi connectivity index (χ2n) is 4.16. The third-order valence-electron chi connectivity index (χ3n) is 2.78. The van der Waals surface area contributed by atoms with E-state index in [-0.39, 0.29) is 11.3 Å². The van der Waals surface area contributed by atoms with Gasteiger partial charge in [-0.25, -0.2) is 4.79 Å². The van der Waals surface area contributed by atoms with Crippen molar-refractivity contribution in [3.63, 3.8) is 0 Å². The van der Waals surface area contributed by atoms with E-state index in [1.807, 2.05) is 31.2 Å². The van der Waals surface area contributed by atoms with E-state index in [4.69, 9.17) is 10.8 Å². The minimum absolute atomic E-state index is 0.0827. The van der Waals surface area contributed by atoms with Gasteiger partial charge in [0, 0.05) is 15.8 Å². The highest BCUT2D eigenvalue weighted by molar-refractivity contribution is 9.10. The van der Waals surface area contributed by atoms with Crippen LogP contribution in [0.4, 0.5) is 17.1 Å². The maximum atomic E-state index is 11.1. The highest BCUT2D eigenvalue weighted by atomic mass is 79.9. The molecule has 0 saturated carbocycles. The molecule has 4 N–H and O–H groups in total. The molecule has 0 aliphatic carbocycles. The number of nitrogen functional groups attached to an aromatic ring is 1. The maximum absolute atomic E-state index is 11.1. The van der Waals surface area contributed by atoms with E-state index >= 15 is 0 Å². The fraction of sp³-hybridized carbons (Fsp3) is 0.0714. The normalized spacial score (nSPS) is 10.2. The molecule has 0 aromatic heterocycles. The monoisotopic (exact) mass is 320 g/mol. The highest BCUT2D eigenvalue weighted by Crippen LogP contribution is 2.31. The van der Waals surface area contributed by atoms with Gasteiger partial charge in [0.1, 0.15) is 0 Å². The molecule has 4 nitrogen and oxygen atoms in total. The van der Waals surface area contributed by atoms with Crippen molar-refractivity contribution in [2.45, 2.75) is 6.92 Å². The summed E-state index contributed by atoms with van der Waals surface area (Å²) in [7, 11) is 0. The molecule has 0 aliphatic rings. The Morgan fingerprint density at radius 2 is 1.95 bits per heavy atom. The molecule has 0 atom stereocenters. The van der Waals surface area contributed by atoms with E-state index in [0.717, 1.165) is 15.7 Å². The van der Waals surface area contributed by atoms with Crippen molar-refractivity contribution in [1.29, 1.82) is 0 Å². The number of anilines is 3. The Morgan fingerprint density at radius 1 is 1.26 bits per heavy atom. The van der Waals surface area contributed by atoms with E-state index < -0.39 is 5.97 Å². The number of nitrogens with two attached hydrogens (primary N) is 1. The molecule has 5 heteroatoms. The number of hydrogen-bond donors (Lipinski definition) is 3. The zero-order valence-corrected chi connectivity index (χ0v) is 11.9. The number of aryl methyl sites for hydroxylation is 1. The molecular formula is C14H13BrN2O2. The molecule has 2 aromatic rings. The SMILES string of the molecule is Cc1ccccc1Nc1cc(C(=O)O)c(N)cc1Br. The summed E-state index contributed by atoms with van der Waals surface area (Å²) in [5, 5.41) is 12.3. The standard InChI is InChI=1S/C14H13BrN2O2/c1-8-4-2-3-5-12(8)17-13-6-9(14(18)19)11(16)7-10(13)15/h2-7,17H,16H2,1H3,(H,18,19). The first-order valence-electron chi connectivity index (χ1n) is 5.64. The number of hydrogen-bond acceptors (Lipinski definition) is 3. The zero-order valence-electron chi connectivity index (χ0n) is 10.3. The first kappa shape index (κ1) is 13.4. The molecule has 0 spiro atoms. The molecule has 0 radical (unpaired) electrons. The fourth-order valence-corrected chi connectivity index (χ4v) is 2.19. The lowest BCUT2D eigenvalue weighted by Crippen LogP contribution is -2.04. The number of nitrogens with one attached hydrogen (secondary N) is 1. The molecule has 98 valence electrons. The lowest BCUT2D eigenvalue weighted by molar-refractivity contribution is 0.0698. The second-order valence-corrected chi connectivity index (χ2v) is 5.02. The number of carboxylic acid groups (broad SMARTS) is 1. The van der Waals surface area contributed by atoms with Crippen molar-refractivity contribution in [3.8, 4) is 0 Å². The Labute approximate surface area is 119 Å². The van der Waals surface area contributed by atoms with Crippen LogP contribution in [0.25, 0.3) is 0 Å². The number of benzene rings is 2. The van der Waals surface area contributed by atoms with E-state index in [0.29, 0.717) is 5.69 Å². The van der Waals surface area contributed by atoms with Gasteiger partial charge in [-0.05, 0) is 46.6 Å². The summed E-state index contributed by atoms with van der Waals surface area (Å²) in [6.45, 7) is 1.98. The van der Waals surface area contributed by atoms with Crippen LogP contribution in [0.1, 0.15) is 15.9 Å². The van der Waals surface area contributed by atoms with Gasteiger partial charge in [0.15, 0.2) is 0 Å². The van der Waals surface area contributed by atoms with E-state index in [2.05, 4.69) is 21.2 Å². The predicted molar refractivity (Wildman–Crippen MR) is 80.0 cm³/mol. The molecular weight excluding hydrogens is 308 g/mol. The molecule has 0 unspecified atom stereocenters. The Kier molecular flexibility index (Phi) is 3.76. The summed E-state index contributed by atoms with van der Waals surface area (Å²) in [6, 6.07) is 10.9. The Hall–Kier alpha value is -2.01. The summed E-state index contributed by atoms with van der Waals surface area (Å²) in [5.74, 6) is -1.04. The molecule has 2 aromatic carbocycles. The molecule has 0 aliphatic heterocycles. The lowest BCUT2D eigenvalue weighted by Gasteiger charge is -2.13. The van der Waals surface area contributed by atoms with Crippen LogP contribution in [0.5, 0.6) is 0 Å². The van der Waals surface area contributed by atoms with Gasteiger partial charge in [-0.3, -0.25) is 0 Å². The van der Waals surface area contributed by atoms with Gasteiger partial charge < -0.3 is 16.2 Å².